The normalized spacial score (nSPS) is 11.6. The van der Waals surface area contributed by atoms with Crippen molar-refractivity contribution < 1.29 is 0 Å². The van der Waals surface area contributed by atoms with Crippen molar-refractivity contribution in [3.05, 3.63) is 35.7 Å². The van der Waals surface area contributed by atoms with Gasteiger partial charge in [0.25, 0.3) is 0 Å². The lowest BCUT2D eigenvalue weighted by atomic mass is 10.1. The summed E-state index contributed by atoms with van der Waals surface area (Å²) in [6.07, 6.45) is 1.98. The Morgan fingerprint density at radius 2 is 2.00 bits per heavy atom. The molecule has 0 saturated heterocycles. The van der Waals surface area contributed by atoms with Crippen molar-refractivity contribution in [3.8, 4) is 0 Å². The minimum absolute atomic E-state index is 0. The van der Waals surface area contributed by atoms with E-state index in [1.165, 1.54) is 11.7 Å². The lowest BCUT2D eigenvalue weighted by molar-refractivity contribution is 0.347. The Hall–Kier alpha value is -1.57. The fraction of sp³-hybridized carbons (Fsp3) is 0.429. The lowest BCUT2D eigenvalue weighted by Gasteiger charge is -2.17. The number of hydrogen-bond donors (Lipinski definition) is 1. The van der Waals surface area contributed by atoms with Crippen LogP contribution in [-0.2, 0) is 18.6 Å². The standard InChI is InChI=1S/C14H18N6S.ClH/c1-14(2,3)20-9-11(16-19-20)8-15-7-10-5-4-6-12-13(10)18-21-17-12;/h4-6,9,15H,7-8H2,1-3H3;1H. The fourth-order valence-corrected chi connectivity index (χ4v) is 2.61. The van der Waals surface area contributed by atoms with E-state index in [0.717, 1.165) is 28.8 Å². The molecule has 3 rings (SSSR count). The van der Waals surface area contributed by atoms with Gasteiger partial charge >= 0.3 is 0 Å². The highest BCUT2D eigenvalue weighted by atomic mass is 35.5. The molecular weight excluding hydrogens is 320 g/mol. The van der Waals surface area contributed by atoms with Gasteiger partial charge in [0, 0.05) is 13.1 Å². The maximum Gasteiger partial charge on any atom is 0.109 e. The molecule has 22 heavy (non-hydrogen) atoms. The zero-order valence-corrected chi connectivity index (χ0v) is 14.4. The first-order valence-electron chi connectivity index (χ1n) is 6.86. The second kappa shape index (κ2) is 6.68. The molecule has 0 aliphatic heterocycles. The van der Waals surface area contributed by atoms with Crippen molar-refractivity contribution in [2.45, 2.75) is 39.4 Å². The van der Waals surface area contributed by atoms with Gasteiger partial charge in [0.15, 0.2) is 0 Å². The maximum atomic E-state index is 4.34. The molecular formula is C14H19ClN6S. The van der Waals surface area contributed by atoms with Crippen LogP contribution >= 0.6 is 24.1 Å². The lowest BCUT2D eigenvalue weighted by Crippen LogP contribution is -2.22. The van der Waals surface area contributed by atoms with Crippen LogP contribution in [0, 0.1) is 0 Å². The SMILES string of the molecule is CC(C)(C)n1cc(CNCc2cccc3nsnc23)nn1.Cl. The molecule has 6 nitrogen and oxygen atoms in total. The van der Waals surface area contributed by atoms with Gasteiger partial charge in [0.05, 0.1) is 29.2 Å². The van der Waals surface area contributed by atoms with Crippen molar-refractivity contribution >= 4 is 35.2 Å². The predicted octanol–water partition coefficient (Wildman–Crippen LogP) is 2.75. The van der Waals surface area contributed by atoms with Crippen molar-refractivity contribution in [2.75, 3.05) is 0 Å². The van der Waals surface area contributed by atoms with E-state index in [1.54, 1.807) is 0 Å². The minimum atomic E-state index is -0.0386. The third-order valence-electron chi connectivity index (χ3n) is 3.22. The Morgan fingerprint density at radius 1 is 1.18 bits per heavy atom. The Kier molecular flexibility index (Phi) is 5.10. The molecule has 118 valence electrons. The molecule has 0 radical (unpaired) electrons. The highest BCUT2D eigenvalue weighted by Crippen LogP contribution is 2.16. The van der Waals surface area contributed by atoms with Gasteiger partial charge in [-0.3, -0.25) is 0 Å². The molecule has 0 aliphatic carbocycles. The highest BCUT2D eigenvalue weighted by molar-refractivity contribution is 7.00. The molecule has 8 heteroatoms. The average molecular weight is 339 g/mol. The molecule has 1 N–H and O–H groups in total. The molecule has 3 aromatic rings. The predicted molar refractivity (Wildman–Crippen MR) is 90.2 cm³/mol. The average Bonchev–Trinajstić information content (AvgIpc) is 3.06. The molecule has 0 unspecified atom stereocenters. The summed E-state index contributed by atoms with van der Waals surface area (Å²) in [4.78, 5) is 0. The first kappa shape index (κ1) is 16.8. The van der Waals surface area contributed by atoms with Crippen LogP contribution in [0.15, 0.2) is 24.4 Å². The Morgan fingerprint density at radius 3 is 2.73 bits per heavy atom. The number of aromatic nitrogens is 5. The second-order valence-corrected chi connectivity index (χ2v) is 6.51. The number of rotatable bonds is 4. The van der Waals surface area contributed by atoms with Gasteiger partial charge in [-0.2, -0.15) is 8.75 Å². The summed E-state index contributed by atoms with van der Waals surface area (Å²) < 4.78 is 10.5. The summed E-state index contributed by atoms with van der Waals surface area (Å²) in [5.41, 5.74) is 3.99. The van der Waals surface area contributed by atoms with E-state index < -0.39 is 0 Å². The third kappa shape index (κ3) is 3.60. The molecule has 0 aliphatic rings. The second-order valence-electron chi connectivity index (χ2n) is 5.98. The zero-order valence-electron chi connectivity index (χ0n) is 12.8. The largest absolute Gasteiger partial charge is 0.307 e. The van der Waals surface area contributed by atoms with E-state index in [9.17, 15) is 0 Å². The van der Waals surface area contributed by atoms with E-state index in [0.29, 0.717) is 6.54 Å². The van der Waals surface area contributed by atoms with Crippen molar-refractivity contribution in [2.24, 2.45) is 0 Å². The van der Waals surface area contributed by atoms with Crippen LogP contribution in [0.5, 0.6) is 0 Å². The molecule has 1 aromatic carbocycles. The van der Waals surface area contributed by atoms with Gasteiger partial charge in [-0.1, -0.05) is 17.3 Å². The highest BCUT2D eigenvalue weighted by Gasteiger charge is 2.14. The number of fused-ring (bicyclic) bond motifs is 1. The van der Waals surface area contributed by atoms with Crippen LogP contribution in [0.2, 0.25) is 0 Å². The molecule has 0 saturated carbocycles. The van der Waals surface area contributed by atoms with Crippen LogP contribution in [0.25, 0.3) is 11.0 Å². The summed E-state index contributed by atoms with van der Waals surface area (Å²) >= 11 is 1.25. The van der Waals surface area contributed by atoms with E-state index in [2.05, 4.69) is 51.2 Å². The van der Waals surface area contributed by atoms with Crippen molar-refractivity contribution in [1.29, 1.82) is 0 Å². The number of hydrogen-bond acceptors (Lipinski definition) is 6. The quantitative estimate of drug-likeness (QED) is 0.792. The van der Waals surface area contributed by atoms with Crippen LogP contribution < -0.4 is 5.32 Å². The maximum absolute atomic E-state index is 4.34. The molecule has 0 amide bonds. The van der Waals surface area contributed by atoms with Crippen LogP contribution in [0.4, 0.5) is 0 Å². The molecule has 2 heterocycles. The Balaban J connectivity index is 0.00000176. The van der Waals surface area contributed by atoms with Gasteiger partial charge in [-0.25, -0.2) is 4.68 Å². The summed E-state index contributed by atoms with van der Waals surface area (Å²) in [6.45, 7) is 7.74. The van der Waals surface area contributed by atoms with Gasteiger partial charge in [0.2, 0.25) is 0 Å². The Bertz CT molecular complexity index is 745. The van der Waals surface area contributed by atoms with E-state index >= 15 is 0 Å². The number of halogens is 1. The number of nitrogens with zero attached hydrogens (tertiary/aromatic N) is 5. The zero-order chi connectivity index (χ0) is 14.9. The van der Waals surface area contributed by atoms with Gasteiger partial charge < -0.3 is 5.32 Å². The molecule has 2 aromatic heterocycles. The topological polar surface area (TPSA) is 68.5 Å². The van der Waals surface area contributed by atoms with Gasteiger partial charge in [0.1, 0.15) is 11.0 Å². The minimum Gasteiger partial charge on any atom is -0.307 e. The molecule has 0 bridgehead atoms. The molecule has 0 spiro atoms. The summed E-state index contributed by atoms with van der Waals surface area (Å²) in [5.74, 6) is 0. The number of nitrogens with one attached hydrogen (secondary N) is 1. The summed E-state index contributed by atoms with van der Waals surface area (Å²) in [7, 11) is 0. The fourth-order valence-electron chi connectivity index (χ4n) is 2.04. The van der Waals surface area contributed by atoms with Crippen LogP contribution in [-0.4, -0.2) is 23.7 Å². The van der Waals surface area contributed by atoms with E-state index in [1.807, 2.05) is 23.0 Å². The monoisotopic (exact) mass is 338 g/mol. The molecule has 0 fully saturated rings. The van der Waals surface area contributed by atoms with Crippen molar-refractivity contribution in [1.82, 2.24) is 29.1 Å². The van der Waals surface area contributed by atoms with E-state index in [4.69, 9.17) is 0 Å². The summed E-state index contributed by atoms with van der Waals surface area (Å²) in [6, 6.07) is 6.07. The van der Waals surface area contributed by atoms with Gasteiger partial charge in [-0.05, 0) is 32.4 Å². The first-order valence-corrected chi connectivity index (χ1v) is 7.59. The van der Waals surface area contributed by atoms with Gasteiger partial charge in [-0.15, -0.1) is 17.5 Å². The van der Waals surface area contributed by atoms with E-state index in [-0.39, 0.29) is 17.9 Å². The third-order valence-corrected chi connectivity index (χ3v) is 3.76. The van der Waals surface area contributed by atoms with Crippen LogP contribution in [0.3, 0.4) is 0 Å². The smallest absolute Gasteiger partial charge is 0.109 e. The molecule has 0 atom stereocenters. The van der Waals surface area contributed by atoms with Crippen molar-refractivity contribution in [3.63, 3.8) is 0 Å². The first-order chi connectivity index (χ1) is 10.0. The number of benzene rings is 1. The van der Waals surface area contributed by atoms with Crippen LogP contribution in [0.1, 0.15) is 32.0 Å². The summed E-state index contributed by atoms with van der Waals surface area (Å²) in [5, 5.41) is 11.7. The Labute approximate surface area is 139 Å².